The molecule has 0 spiro atoms. The predicted octanol–water partition coefficient (Wildman–Crippen LogP) is 0.427. The summed E-state index contributed by atoms with van der Waals surface area (Å²) in [6.45, 7) is 0. The van der Waals surface area contributed by atoms with Gasteiger partial charge in [0.2, 0.25) is 0 Å². The van der Waals surface area contributed by atoms with Crippen molar-refractivity contribution in [3.8, 4) is 0 Å². The number of rotatable bonds is 2. The molecular weight excluding hydrogens is 154 g/mol. The van der Waals surface area contributed by atoms with Crippen molar-refractivity contribution in [1.29, 1.82) is 5.41 Å². The van der Waals surface area contributed by atoms with Gasteiger partial charge in [0.1, 0.15) is 0 Å². The first-order chi connectivity index (χ1) is 5.72. The SMILES string of the molecule is CO[C@H]1CC[C@H](NC(=N)N)CC1. The van der Waals surface area contributed by atoms with Crippen LogP contribution in [0.3, 0.4) is 0 Å². The summed E-state index contributed by atoms with van der Waals surface area (Å²) < 4.78 is 5.23. The number of methoxy groups -OCH3 is 1. The Morgan fingerprint density at radius 2 is 2.00 bits per heavy atom. The Labute approximate surface area is 73.0 Å². The number of guanidine groups is 1. The molecule has 0 heterocycles. The van der Waals surface area contributed by atoms with Crippen molar-refractivity contribution in [2.24, 2.45) is 5.73 Å². The van der Waals surface area contributed by atoms with Gasteiger partial charge in [-0.25, -0.2) is 0 Å². The van der Waals surface area contributed by atoms with E-state index in [2.05, 4.69) is 5.32 Å². The molecule has 1 saturated carbocycles. The molecule has 0 bridgehead atoms. The maximum atomic E-state index is 7.06. The molecule has 70 valence electrons. The van der Waals surface area contributed by atoms with Crippen LogP contribution in [0, 0.1) is 5.41 Å². The summed E-state index contributed by atoms with van der Waals surface area (Å²) in [5, 5.41) is 9.99. The summed E-state index contributed by atoms with van der Waals surface area (Å²) in [7, 11) is 1.75. The zero-order valence-electron chi connectivity index (χ0n) is 7.47. The molecule has 0 amide bonds. The van der Waals surface area contributed by atoms with Crippen LogP contribution in [0.15, 0.2) is 0 Å². The van der Waals surface area contributed by atoms with Gasteiger partial charge in [0.15, 0.2) is 5.96 Å². The van der Waals surface area contributed by atoms with Crippen LogP contribution in [0.1, 0.15) is 25.7 Å². The maximum Gasteiger partial charge on any atom is 0.185 e. The summed E-state index contributed by atoms with van der Waals surface area (Å²) in [6.07, 6.45) is 4.66. The van der Waals surface area contributed by atoms with E-state index in [9.17, 15) is 0 Å². The topological polar surface area (TPSA) is 71.1 Å². The Hall–Kier alpha value is -0.770. The second kappa shape index (κ2) is 4.30. The van der Waals surface area contributed by atoms with E-state index in [1.807, 2.05) is 0 Å². The van der Waals surface area contributed by atoms with Crippen molar-refractivity contribution in [2.75, 3.05) is 7.11 Å². The molecule has 1 rings (SSSR count). The van der Waals surface area contributed by atoms with Gasteiger partial charge >= 0.3 is 0 Å². The fourth-order valence-electron chi connectivity index (χ4n) is 1.66. The zero-order valence-corrected chi connectivity index (χ0v) is 7.47. The molecule has 0 saturated heterocycles. The fourth-order valence-corrected chi connectivity index (χ4v) is 1.66. The van der Waals surface area contributed by atoms with Crippen LogP contribution < -0.4 is 11.1 Å². The highest BCUT2D eigenvalue weighted by molar-refractivity contribution is 5.74. The van der Waals surface area contributed by atoms with E-state index < -0.39 is 0 Å². The van der Waals surface area contributed by atoms with E-state index in [1.54, 1.807) is 7.11 Å². The maximum absolute atomic E-state index is 7.06. The van der Waals surface area contributed by atoms with Crippen molar-refractivity contribution >= 4 is 5.96 Å². The zero-order chi connectivity index (χ0) is 8.97. The van der Waals surface area contributed by atoms with E-state index in [0.717, 1.165) is 25.7 Å². The third-order valence-corrected chi connectivity index (χ3v) is 2.37. The van der Waals surface area contributed by atoms with E-state index in [-0.39, 0.29) is 5.96 Å². The molecule has 1 aliphatic rings. The molecule has 1 fully saturated rings. The van der Waals surface area contributed by atoms with Crippen LogP contribution in [-0.2, 0) is 4.74 Å². The van der Waals surface area contributed by atoms with Crippen molar-refractivity contribution in [2.45, 2.75) is 37.8 Å². The lowest BCUT2D eigenvalue weighted by Crippen LogP contribution is -2.42. The fraction of sp³-hybridized carbons (Fsp3) is 0.875. The van der Waals surface area contributed by atoms with Gasteiger partial charge in [-0.05, 0) is 25.7 Å². The molecule has 0 aromatic heterocycles. The molecule has 0 atom stereocenters. The van der Waals surface area contributed by atoms with E-state index in [0.29, 0.717) is 12.1 Å². The molecular formula is C8H17N3O. The Kier molecular flexibility index (Phi) is 3.34. The van der Waals surface area contributed by atoms with Crippen molar-refractivity contribution in [3.63, 3.8) is 0 Å². The van der Waals surface area contributed by atoms with Gasteiger partial charge in [0.25, 0.3) is 0 Å². The first-order valence-electron chi connectivity index (χ1n) is 4.35. The largest absolute Gasteiger partial charge is 0.381 e. The highest BCUT2D eigenvalue weighted by atomic mass is 16.5. The van der Waals surface area contributed by atoms with Gasteiger partial charge in [-0.15, -0.1) is 0 Å². The van der Waals surface area contributed by atoms with Gasteiger partial charge in [0, 0.05) is 13.2 Å². The summed E-state index contributed by atoms with van der Waals surface area (Å²) >= 11 is 0. The monoisotopic (exact) mass is 171 g/mol. The molecule has 4 N–H and O–H groups in total. The van der Waals surface area contributed by atoms with Gasteiger partial charge in [0.05, 0.1) is 6.10 Å². The molecule has 4 heteroatoms. The molecule has 12 heavy (non-hydrogen) atoms. The lowest BCUT2D eigenvalue weighted by atomic mass is 9.93. The quantitative estimate of drug-likeness (QED) is 0.416. The minimum Gasteiger partial charge on any atom is -0.381 e. The van der Waals surface area contributed by atoms with Gasteiger partial charge < -0.3 is 15.8 Å². The van der Waals surface area contributed by atoms with E-state index in [4.69, 9.17) is 15.9 Å². The molecule has 0 radical (unpaired) electrons. The Bertz CT molecular complexity index is 152. The third kappa shape index (κ3) is 2.70. The summed E-state index contributed by atoms with van der Waals surface area (Å²) in [6, 6.07) is 0.383. The summed E-state index contributed by atoms with van der Waals surface area (Å²) in [4.78, 5) is 0. The van der Waals surface area contributed by atoms with Crippen LogP contribution >= 0.6 is 0 Å². The lowest BCUT2D eigenvalue weighted by molar-refractivity contribution is 0.0645. The van der Waals surface area contributed by atoms with Crippen molar-refractivity contribution < 1.29 is 4.74 Å². The van der Waals surface area contributed by atoms with Gasteiger partial charge in [-0.2, -0.15) is 0 Å². The minimum atomic E-state index is 0.0795. The number of hydrogen-bond donors (Lipinski definition) is 3. The smallest absolute Gasteiger partial charge is 0.185 e. The third-order valence-electron chi connectivity index (χ3n) is 2.37. The molecule has 0 aromatic rings. The van der Waals surface area contributed by atoms with Crippen LogP contribution in [-0.4, -0.2) is 25.2 Å². The first kappa shape index (κ1) is 9.32. The molecule has 1 aliphatic carbocycles. The number of ether oxygens (including phenoxy) is 1. The summed E-state index contributed by atoms with van der Waals surface area (Å²) in [5.74, 6) is 0.0795. The first-order valence-corrected chi connectivity index (χ1v) is 4.35. The highest BCUT2D eigenvalue weighted by Crippen LogP contribution is 2.20. The average Bonchev–Trinajstić information content (AvgIpc) is 2.05. The lowest BCUT2D eigenvalue weighted by Gasteiger charge is -2.28. The van der Waals surface area contributed by atoms with Gasteiger partial charge in [-0.3, -0.25) is 5.41 Å². The van der Waals surface area contributed by atoms with Crippen LogP contribution in [0.25, 0.3) is 0 Å². The second-order valence-corrected chi connectivity index (χ2v) is 3.27. The van der Waals surface area contributed by atoms with Crippen LogP contribution in [0.4, 0.5) is 0 Å². The normalized spacial score (nSPS) is 29.8. The minimum absolute atomic E-state index is 0.0795. The highest BCUT2D eigenvalue weighted by Gasteiger charge is 2.20. The Morgan fingerprint density at radius 3 is 2.42 bits per heavy atom. The van der Waals surface area contributed by atoms with E-state index in [1.165, 1.54) is 0 Å². The number of hydrogen-bond acceptors (Lipinski definition) is 2. The average molecular weight is 171 g/mol. The predicted molar refractivity (Wildman–Crippen MR) is 48.1 cm³/mol. The standard InChI is InChI=1S/C8H17N3O/c1-12-7-4-2-6(3-5-7)11-8(9)10/h6-7H,2-5H2,1H3,(H4,9,10,11)/t6-,7-. The second-order valence-electron chi connectivity index (χ2n) is 3.27. The summed E-state index contributed by atoms with van der Waals surface area (Å²) in [5.41, 5.74) is 5.23. The Balaban J connectivity index is 2.21. The Morgan fingerprint density at radius 1 is 1.42 bits per heavy atom. The van der Waals surface area contributed by atoms with Crippen LogP contribution in [0.2, 0.25) is 0 Å². The molecule has 0 aromatic carbocycles. The van der Waals surface area contributed by atoms with Crippen molar-refractivity contribution in [1.82, 2.24) is 5.32 Å². The van der Waals surface area contributed by atoms with Gasteiger partial charge in [-0.1, -0.05) is 0 Å². The number of nitrogens with two attached hydrogens (primary N) is 1. The number of nitrogens with one attached hydrogen (secondary N) is 2. The van der Waals surface area contributed by atoms with Crippen molar-refractivity contribution in [3.05, 3.63) is 0 Å². The van der Waals surface area contributed by atoms with E-state index >= 15 is 0 Å². The molecule has 0 aliphatic heterocycles. The molecule has 0 unspecified atom stereocenters. The molecule has 4 nitrogen and oxygen atoms in total. The van der Waals surface area contributed by atoms with Crippen LogP contribution in [0.5, 0.6) is 0 Å².